The number of benzene rings is 9. The largest absolute Gasteiger partial charge is 0.309 e. The van der Waals surface area contributed by atoms with Crippen molar-refractivity contribution in [3.05, 3.63) is 222 Å². The van der Waals surface area contributed by atoms with Gasteiger partial charge in [0.1, 0.15) is 0 Å². The Morgan fingerprint density at radius 1 is 0.338 bits per heavy atom. The van der Waals surface area contributed by atoms with Gasteiger partial charge >= 0.3 is 0 Å². The van der Waals surface area contributed by atoms with Gasteiger partial charge in [0, 0.05) is 43.8 Å². The monoisotopic (exact) mass is 872 g/mol. The highest BCUT2D eigenvalue weighted by Crippen LogP contribution is 2.43. The van der Waals surface area contributed by atoms with E-state index in [2.05, 4.69) is 176 Å². The zero-order chi connectivity index (χ0) is 46.0. The summed E-state index contributed by atoms with van der Waals surface area (Å²) in [5.41, 5.74) is 18.7. The summed E-state index contributed by atoms with van der Waals surface area (Å²) in [6.07, 6.45) is 0. The first-order valence-electron chi connectivity index (χ1n) is 23.0. The van der Waals surface area contributed by atoms with Crippen LogP contribution in [0.5, 0.6) is 0 Å². The number of hydrogen-bond acceptors (Lipinski definition) is 4. The first kappa shape index (κ1) is 40.6. The van der Waals surface area contributed by atoms with Gasteiger partial charge in [-0.05, 0) is 129 Å². The van der Waals surface area contributed by atoms with Crippen LogP contribution in [-0.4, -0.2) is 24.1 Å². The van der Waals surface area contributed by atoms with Crippen LogP contribution in [0.3, 0.4) is 0 Å². The lowest BCUT2D eigenvalue weighted by Gasteiger charge is -2.19. The van der Waals surface area contributed by atoms with Crippen LogP contribution in [0.2, 0.25) is 0 Å². The second kappa shape index (κ2) is 16.2. The number of aryl methyl sites for hydroxylation is 4. The highest BCUT2D eigenvalue weighted by atomic mass is 15.1. The van der Waals surface area contributed by atoms with Gasteiger partial charge in [-0.25, -0.2) is 15.0 Å². The Morgan fingerprint density at radius 2 is 0.721 bits per heavy atom. The van der Waals surface area contributed by atoms with Gasteiger partial charge in [0.25, 0.3) is 0 Å². The number of nitriles is 1. The van der Waals surface area contributed by atoms with E-state index in [-0.39, 0.29) is 0 Å². The predicted octanol–water partition coefficient (Wildman–Crippen LogP) is 15.5. The second-order valence-electron chi connectivity index (χ2n) is 17.9. The third-order valence-electron chi connectivity index (χ3n) is 13.2. The van der Waals surface area contributed by atoms with E-state index in [9.17, 15) is 5.26 Å². The molecular formula is C62H44N6. The van der Waals surface area contributed by atoms with E-state index < -0.39 is 0 Å². The van der Waals surface area contributed by atoms with Gasteiger partial charge in [-0.15, -0.1) is 0 Å². The number of rotatable bonds is 7. The molecule has 68 heavy (non-hydrogen) atoms. The molecule has 0 N–H and O–H groups in total. The van der Waals surface area contributed by atoms with Crippen LogP contribution < -0.4 is 0 Å². The van der Waals surface area contributed by atoms with Gasteiger partial charge < -0.3 is 9.13 Å². The van der Waals surface area contributed by atoms with Crippen LogP contribution in [0.1, 0.15) is 27.8 Å². The maximum Gasteiger partial charge on any atom is 0.166 e. The average molecular weight is 873 g/mol. The molecule has 322 valence electrons. The number of fused-ring (bicyclic) bond motifs is 6. The van der Waals surface area contributed by atoms with Crippen molar-refractivity contribution in [2.24, 2.45) is 0 Å². The predicted molar refractivity (Wildman–Crippen MR) is 279 cm³/mol. The fourth-order valence-electron chi connectivity index (χ4n) is 9.91. The lowest BCUT2D eigenvalue weighted by atomic mass is 9.94. The average Bonchev–Trinajstić information content (AvgIpc) is 3.86. The Hall–Kier alpha value is -8.92. The van der Waals surface area contributed by atoms with Crippen LogP contribution in [0.15, 0.2) is 194 Å². The lowest BCUT2D eigenvalue weighted by molar-refractivity contribution is 1.06. The smallest absolute Gasteiger partial charge is 0.166 e. The zero-order valence-corrected chi connectivity index (χ0v) is 38.2. The minimum Gasteiger partial charge on any atom is -0.309 e. The summed E-state index contributed by atoms with van der Waals surface area (Å²) in [7, 11) is 0. The molecular weight excluding hydrogens is 829 g/mol. The van der Waals surface area contributed by atoms with E-state index in [1.54, 1.807) is 0 Å². The van der Waals surface area contributed by atoms with Crippen LogP contribution in [0.4, 0.5) is 0 Å². The summed E-state index contributed by atoms with van der Waals surface area (Å²) in [5, 5.41) is 14.5. The quantitative estimate of drug-likeness (QED) is 0.160. The van der Waals surface area contributed by atoms with Crippen molar-refractivity contribution in [2.75, 3.05) is 0 Å². The maximum atomic E-state index is 9.69. The molecule has 6 heteroatoms. The molecule has 0 spiro atoms. The lowest BCUT2D eigenvalue weighted by Crippen LogP contribution is -2.04. The van der Waals surface area contributed by atoms with Gasteiger partial charge in [-0.2, -0.15) is 5.26 Å². The standard InChI is InChI=1S/C62H44N6/c1-38-15-25-55-49(31-38)50-32-39(2)16-26-56(50)67(55)54-29-23-46(43-21-19-42(37-63)20-22-43)35-48(54)47-24-30-59(68-57-27-17-40(3)33-51(57)52-34-41(4)18-28-58(52)68)53(36-47)62-65-60(44-11-7-5-8-12-44)64-61(66-62)45-13-9-6-10-14-45/h5-36H,1-4H3. The molecule has 3 heterocycles. The summed E-state index contributed by atoms with van der Waals surface area (Å²) in [6.45, 7) is 8.63. The fraction of sp³-hybridized carbons (Fsp3) is 0.0645. The molecule has 12 aromatic rings. The van der Waals surface area contributed by atoms with E-state index in [1.807, 2.05) is 60.7 Å². The van der Waals surface area contributed by atoms with Crippen molar-refractivity contribution < 1.29 is 0 Å². The molecule has 9 aromatic carbocycles. The summed E-state index contributed by atoms with van der Waals surface area (Å²) in [6, 6.07) is 70.9. The van der Waals surface area contributed by atoms with Crippen molar-refractivity contribution in [3.8, 4) is 73.9 Å². The van der Waals surface area contributed by atoms with Gasteiger partial charge in [-0.3, -0.25) is 0 Å². The highest BCUT2D eigenvalue weighted by Gasteiger charge is 2.23. The molecule has 0 saturated carbocycles. The first-order chi connectivity index (χ1) is 33.3. The van der Waals surface area contributed by atoms with Gasteiger partial charge in [0.05, 0.1) is 45.1 Å². The van der Waals surface area contributed by atoms with Crippen LogP contribution in [-0.2, 0) is 0 Å². The fourth-order valence-corrected chi connectivity index (χ4v) is 9.91. The van der Waals surface area contributed by atoms with E-state index >= 15 is 0 Å². The van der Waals surface area contributed by atoms with Crippen molar-refractivity contribution in [1.29, 1.82) is 5.26 Å². The van der Waals surface area contributed by atoms with E-state index in [0.717, 1.165) is 72.4 Å². The Kier molecular flexibility index (Phi) is 9.67. The van der Waals surface area contributed by atoms with E-state index in [1.165, 1.54) is 43.8 Å². The van der Waals surface area contributed by atoms with Crippen molar-refractivity contribution in [1.82, 2.24) is 24.1 Å². The molecule has 3 aromatic heterocycles. The molecule has 0 radical (unpaired) electrons. The molecule has 0 saturated heterocycles. The summed E-state index contributed by atoms with van der Waals surface area (Å²) < 4.78 is 4.79. The molecule has 6 nitrogen and oxygen atoms in total. The van der Waals surface area contributed by atoms with Gasteiger partial charge in [0.15, 0.2) is 17.5 Å². The van der Waals surface area contributed by atoms with Crippen molar-refractivity contribution in [3.63, 3.8) is 0 Å². The molecule has 0 amide bonds. The Morgan fingerprint density at radius 3 is 1.16 bits per heavy atom. The van der Waals surface area contributed by atoms with Crippen LogP contribution in [0, 0.1) is 39.0 Å². The zero-order valence-electron chi connectivity index (χ0n) is 38.2. The molecule has 0 unspecified atom stereocenters. The first-order valence-corrected chi connectivity index (χ1v) is 23.0. The molecule has 0 fully saturated rings. The summed E-state index contributed by atoms with van der Waals surface area (Å²) in [4.78, 5) is 15.9. The minimum absolute atomic E-state index is 0.566. The Balaban J connectivity index is 1.19. The molecule has 12 rings (SSSR count). The van der Waals surface area contributed by atoms with Crippen LogP contribution in [0.25, 0.3) is 111 Å². The summed E-state index contributed by atoms with van der Waals surface area (Å²) >= 11 is 0. The Labute approximate surface area is 394 Å². The molecule has 0 aliphatic rings. The maximum absolute atomic E-state index is 9.69. The minimum atomic E-state index is 0.566. The van der Waals surface area contributed by atoms with Crippen LogP contribution >= 0.6 is 0 Å². The van der Waals surface area contributed by atoms with Crippen molar-refractivity contribution >= 4 is 43.6 Å². The third-order valence-corrected chi connectivity index (χ3v) is 13.2. The molecule has 0 aliphatic heterocycles. The highest BCUT2D eigenvalue weighted by molar-refractivity contribution is 6.11. The van der Waals surface area contributed by atoms with Gasteiger partial charge in [-0.1, -0.05) is 131 Å². The summed E-state index contributed by atoms with van der Waals surface area (Å²) in [5.74, 6) is 1.76. The number of nitrogens with zero attached hydrogens (tertiary/aromatic N) is 6. The normalized spacial score (nSPS) is 11.5. The van der Waals surface area contributed by atoms with Gasteiger partial charge in [0.2, 0.25) is 0 Å². The molecule has 0 bridgehead atoms. The second-order valence-corrected chi connectivity index (χ2v) is 17.9. The third kappa shape index (κ3) is 6.92. The van der Waals surface area contributed by atoms with Crippen molar-refractivity contribution in [2.45, 2.75) is 27.7 Å². The number of hydrogen-bond donors (Lipinski definition) is 0. The topological polar surface area (TPSA) is 72.3 Å². The molecule has 0 atom stereocenters. The number of aromatic nitrogens is 5. The van der Waals surface area contributed by atoms with E-state index in [0.29, 0.717) is 23.0 Å². The molecule has 0 aliphatic carbocycles. The van der Waals surface area contributed by atoms with E-state index in [4.69, 9.17) is 15.0 Å². The Bertz CT molecular complexity index is 3830. The SMILES string of the molecule is Cc1ccc2c(c1)c1cc(C)ccc1n2-c1ccc(-c2ccc(C#N)cc2)cc1-c1ccc(-n2c3ccc(C)cc3c3cc(C)ccc32)c(-c2nc(-c3ccccc3)nc(-c3ccccc3)n2)c1.